The lowest BCUT2D eigenvalue weighted by Crippen LogP contribution is -2.05. The van der Waals surface area contributed by atoms with Crippen molar-refractivity contribution >= 4 is 11.7 Å². The third kappa shape index (κ3) is 2.42. The molecule has 0 fully saturated rings. The van der Waals surface area contributed by atoms with Crippen molar-refractivity contribution in [2.75, 3.05) is 7.11 Å². The Bertz CT molecular complexity index is 626. The van der Waals surface area contributed by atoms with Crippen molar-refractivity contribution in [3.63, 3.8) is 0 Å². The Morgan fingerprint density at radius 2 is 1.95 bits per heavy atom. The fourth-order valence-corrected chi connectivity index (χ4v) is 1.79. The van der Waals surface area contributed by atoms with Crippen LogP contribution in [0.25, 0.3) is 11.1 Å². The van der Waals surface area contributed by atoms with Gasteiger partial charge < -0.3 is 4.74 Å². The number of carbonyl (C=O) groups is 1. The molecule has 2 aromatic rings. The highest BCUT2D eigenvalue weighted by Crippen LogP contribution is 2.33. The summed E-state index contributed by atoms with van der Waals surface area (Å²) in [7, 11) is 1.23. The number of esters is 1. The molecule has 0 saturated carbocycles. The highest BCUT2D eigenvalue weighted by molar-refractivity contribution is 5.99. The standard InChI is InChI=1S/C13H10N2O4/c1-19-13(16)10-3-2-4-11(15(17)18)12(10)9-5-7-14-8-6-9/h2-8H,1H3. The lowest BCUT2D eigenvalue weighted by Gasteiger charge is -2.08. The Hall–Kier alpha value is -2.76. The molecule has 0 radical (unpaired) electrons. The molecule has 1 heterocycles. The molecule has 6 heteroatoms. The molecule has 0 aliphatic carbocycles. The van der Waals surface area contributed by atoms with Crippen LogP contribution in [0.3, 0.4) is 0 Å². The topological polar surface area (TPSA) is 82.3 Å². The molecule has 0 atom stereocenters. The molecule has 1 aromatic carbocycles. The number of nitro groups is 1. The van der Waals surface area contributed by atoms with E-state index >= 15 is 0 Å². The first kappa shape index (κ1) is 12.7. The molecule has 2 rings (SSSR count). The van der Waals surface area contributed by atoms with Crippen LogP contribution in [-0.2, 0) is 4.74 Å². The van der Waals surface area contributed by atoms with E-state index in [0.717, 1.165) is 0 Å². The summed E-state index contributed by atoms with van der Waals surface area (Å²) in [6.07, 6.45) is 3.01. The summed E-state index contributed by atoms with van der Waals surface area (Å²) in [5, 5.41) is 11.1. The van der Waals surface area contributed by atoms with Crippen molar-refractivity contribution < 1.29 is 14.5 Å². The van der Waals surface area contributed by atoms with Crippen LogP contribution >= 0.6 is 0 Å². The number of rotatable bonds is 3. The second-order valence-corrected chi connectivity index (χ2v) is 3.68. The van der Waals surface area contributed by atoms with Gasteiger partial charge in [-0.2, -0.15) is 0 Å². The predicted molar refractivity (Wildman–Crippen MR) is 67.7 cm³/mol. The predicted octanol–water partition coefficient (Wildman–Crippen LogP) is 2.44. The maximum absolute atomic E-state index is 11.7. The third-order valence-corrected chi connectivity index (χ3v) is 2.61. The smallest absolute Gasteiger partial charge is 0.338 e. The maximum Gasteiger partial charge on any atom is 0.338 e. The molecule has 0 amide bonds. The van der Waals surface area contributed by atoms with Gasteiger partial charge in [-0.1, -0.05) is 6.07 Å². The number of nitro benzene ring substituents is 1. The van der Waals surface area contributed by atoms with E-state index < -0.39 is 10.9 Å². The monoisotopic (exact) mass is 258 g/mol. The number of benzene rings is 1. The van der Waals surface area contributed by atoms with Crippen LogP contribution in [0.2, 0.25) is 0 Å². The van der Waals surface area contributed by atoms with Crippen molar-refractivity contribution in [2.45, 2.75) is 0 Å². The first-order chi connectivity index (χ1) is 9.15. The summed E-state index contributed by atoms with van der Waals surface area (Å²) < 4.78 is 4.66. The van der Waals surface area contributed by atoms with Crippen LogP contribution in [-0.4, -0.2) is 23.0 Å². The van der Waals surface area contributed by atoms with Gasteiger partial charge in [-0.05, 0) is 23.8 Å². The van der Waals surface area contributed by atoms with Crippen molar-refractivity contribution in [3.8, 4) is 11.1 Å². The number of methoxy groups -OCH3 is 1. The largest absolute Gasteiger partial charge is 0.465 e. The highest BCUT2D eigenvalue weighted by Gasteiger charge is 2.23. The van der Waals surface area contributed by atoms with Crippen molar-refractivity contribution in [2.24, 2.45) is 0 Å². The van der Waals surface area contributed by atoms with E-state index in [1.165, 1.54) is 37.7 Å². The molecule has 96 valence electrons. The van der Waals surface area contributed by atoms with Crippen molar-refractivity contribution in [3.05, 3.63) is 58.4 Å². The van der Waals surface area contributed by atoms with Gasteiger partial charge in [0.25, 0.3) is 5.69 Å². The van der Waals surface area contributed by atoms with Gasteiger partial charge in [0, 0.05) is 18.5 Å². The van der Waals surface area contributed by atoms with Gasteiger partial charge in [0.15, 0.2) is 0 Å². The van der Waals surface area contributed by atoms with E-state index in [1.807, 2.05) is 0 Å². The van der Waals surface area contributed by atoms with Gasteiger partial charge in [0.1, 0.15) is 0 Å². The van der Waals surface area contributed by atoms with Gasteiger partial charge in [0.2, 0.25) is 0 Å². The molecular weight excluding hydrogens is 248 g/mol. The second-order valence-electron chi connectivity index (χ2n) is 3.68. The number of ether oxygens (including phenoxy) is 1. The molecule has 6 nitrogen and oxygen atoms in total. The van der Waals surface area contributed by atoms with E-state index in [1.54, 1.807) is 12.1 Å². The molecule has 0 spiro atoms. The minimum atomic E-state index is -0.615. The number of aromatic nitrogens is 1. The number of hydrogen-bond acceptors (Lipinski definition) is 5. The summed E-state index contributed by atoms with van der Waals surface area (Å²) in [6, 6.07) is 7.51. The van der Waals surface area contributed by atoms with E-state index in [9.17, 15) is 14.9 Å². The summed E-state index contributed by atoms with van der Waals surface area (Å²) in [6.45, 7) is 0. The Morgan fingerprint density at radius 3 is 2.53 bits per heavy atom. The zero-order valence-corrected chi connectivity index (χ0v) is 10.1. The summed E-state index contributed by atoms with van der Waals surface area (Å²) in [4.78, 5) is 26.1. The SMILES string of the molecule is COC(=O)c1cccc([N+](=O)[O-])c1-c1ccncc1. The minimum Gasteiger partial charge on any atom is -0.465 e. The van der Waals surface area contributed by atoms with Crippen molar-refractivity contribution in [1.29, 1.82) is 0 Å². The molecule has 0 aliphatic heterocycles. The Kier molecular flexibility index (Phi) is 3.51. The van der Waals surface area contributed by atoms with Crippen LogP contribution in [0, 0.1) is 10.1 Å². The molecular formula is C13H10N2O4. The van der Waals surface area contributed by atoms with E-state index in [0.29, 0.717) is 5.56 Å². The highest BCUT2D eigenvalue weighted by atomic mass is 16.6. The molecule has 0 N–H and O–H groups in total. The molecule has 0 aliphatic rings. The zero-order chi connectivity index (χ0) is 13.8. The van der Waals surface area contributed by atoms with Crippen molar-refractivity contribution in [1.82, 2.24) is 4.98 Å². The number of pyridine rings is 1. The number of hydrogen-bond donors (Lipinski definition) is 0. The van der Waals surface area contributed by atoms with E-state index in [-0.39, 0.29) is 16.8 Å². The molecule has 1 aromatic heterocycles. The average molecular weight is 258 g/mol. The fourth-order valence-electron chi connectivity index (χ4n) is 1.79. The summed E-state index contributed by atoms with van der Waals surface area (Å²) in [5.74, 6) is -0.615. The van der Waals surface area contributed by atoms with Gasteiger partial charge in [0.05, 0.1) is 23.2 Å². The van der Waals surface area contributed by atoms with Gasteiger partial charge in [-0.25, -0.2) is 4.79 Å². The molecule has 0 bridgehead atoms. The van der Waals surface area contributed by atoms with Gasteiger partial charge >= 0.3 is 5.97 Å². The van der Waals surface area contributed by atoms with E-state index in [2.05, 4.69) is 9.72 Å². The lowest BCUT2D eigenvalue weighted by molar-refractivity contribution is -0.384. The van der Waals surface area contributed by atoms with Crippen LogP contribution < -0.4 is 0 Å². The Morgan fingerprint density at radius 1 is 1.26 bits per heavy atom. The Labute approximate surface area is 108 Å². The Balaban J connectivity index is 2.74. The van der Waals surface area contributed by atoms with Crippen LogP contribution in [0.4, 0.5) is 5.69 Å². The van der Waals surface area contributed by atoms with Gasteiger partial charge in [-0.15, -0.1) is 0 Å². The molecule has 19 heavy (non-hydrogen) atoms. The number of nitrogens with zero attached hydrogens (tertiary/aromatic N) is 2. The lowest BCUT2D eigenvalue weighted by atomic mass is 9.98. The second kappa shape index (κ2) is 5.26. The third-order valence-electron chi connectivity index (χ3n) is 2.61. The molecule has 0 unspecified atom stereocenters. The normalized spacial score (nSPS) is 9.95. The van der Waals surface area contributed by atoms with Crippen LogP contribution in [0.15, 0.2) is 42.7 Å². The summed E-state index contributed by atoms with van der Waals surface area (Å²) >= 11 is 0. The first-order valence-electron chi connectivity index (χ1n) is 5.41. The average Bonchev–Trinajstić information content (AvgIpc) is 2.46. The zero-order valence-electron chi connectivity index (χ0n) is 10.1. The fraction of sp³-hybridized carbons (Fsp3) is 0.0769. The van der Waals surface area contributed by atoms with E-state index in [4.69, 9.17) is 0 Å². The van der Waals surface area contributed by atoms with Crippen LogP contribution in [0.1, 0.15) is 10.4 Å². The first-order valence-corrected chi connectivity index (χ1v) is 5.41. The molecule has 0 saturated heterocycles. The van der Waals surface area contributed by atoms with Crippen LogP contribution in [0.5, 0.6) is 0 Å². The minimum absolute atomic E-state index is 0.144. The summed E-state index contributed by atoms with van der Waals surface area (Å²) in [5.41, 5.74) is 0.793. The van der Waals surface area contributed by atoms with Gasteiger partial charge in [-0.3, -0.25) is 15.1 Å². The quantitative estimate of drug-likeness (QED) is 0.479. The maximum atomic E-state index is 11.7. The number of carbonyl (C=O) groups excluding carboxylic acids is 1.